The number of rotatable bonds is 2. The summed E-state index contributed by atoms with van der Waals surface area (Å²) in [6.07, 6.45) is -5.10. The normalized spacial score (nSPS) is 11.1. The summed E-state index contributed by atoms with van der Waals surface area (Å²) in [5.41, 5.74) is -0.705. The fourth-order valence-corrected chi connectivity index (χ4v) is 1.41. The zero-order chi connectivity index (χ0) is 13.1. The molecular weight excluding hydrogens is 235 g/mol. The second-order valence-electron chi connectivity index (χ2n) is 3.48. The Hall–Kier alpha value is -1.72. The van der Waals surface area contributed by atoms with Gasteiger partial charge in [-0.1, -0.05) is 18.2 Å². The maximum absolute atomic E-state index is 12.6. The van der Waals surface area contributed by atoms with Crippen LogP contribution in [0, 0.1) is 0 Å². The molecule has 0 N–H and O–H groups in total. The van der Waals surface area contributed by atoms with Gasteiger partial charge in [0.1, 0.15) is 0 Å². The molecule has 0 saturated carbocycles. The smallest absolute Gasteiger partial charge is 0.416 e. The van der Waals surface area contributed by atoms with Gasteiger partial charge in [-0.05, 0) is 11.6 Å². The molecule has 1 rings (SSSR count). The molecule has 1 amide bonds. The topological polar surface area (TPSA) is 29.5 Å². The van der Waals surface area contributed by atoms with Crippen molar-refractivity contribution in [2.75, 3.05) is 14.2 Å². The minimum atomic E-state index is -4.42. The summed E-state index contributed by atoms with van der Waals surface area (Å²) in [6, 6.07) is 5.13. The minimum absolute atomic E-state index is 0.0351. The van der Waals surface area contributed by atoms with E-state index in [4.69, 9.17) is 0 Å². The predicted octanol–water partition coefficient (Wildman–Crippen LogP) is 2.90. The first-order chi connectivity index (χ1) is 7.86. The second-order valence-corrected chi connectivity index (χ2v) is 3.48. The highest BCUT2D eigenvalue weighted by Gasteiger charge is 2.33. The molecule has 0 unspecified atom stereocenters. The number of hydrogen-bond acceptors (Lipinski definition) is 2. The fraction of sp³-hybridized carbons (Fsp3) is 0.364. The van der Waals surface area contributed by atoms with E-state index in [1.165, 1.54) is 32.4 Å². The third-order valence-corrected chi connectivity index (χ3v) is 2.22. The van der Waals surface area contributed by atoms with Crippen LogP contribution in [0.2, 0.25) is 0 Å². The Morgan fingerprint density at radius 2 is 1.94 bits per heavy atom. The van der Waals surface area contributed by atoms with E-state index in [0.717, 1.165) is 11.0 Å². The maximum Gasteiger partial charge on any atom is 0.416 e. The predicted molar refractivity (Wildman–Crippen MR) is 55.3 cm³/mol. The maximum atomic E-state index is 12.6. The SMILES string of the molecule is COC(=O)N(C)Cc1ccccc1C(F)(F)F. The van der Waals surface area contributed by atoms with Gasteiger partial charge >= 0.3 is 12.3 Å². The van der Waals surface area contributed by atoms with Crippen LogP contribution in [-0.4, -0.2) is 25.2 Å². The molecule has 17 heavy (non-hydrogen) atoms. The molecule has 0 aliphatic carbocycles. The van der Waals surface area contributed by atoms with Crippen molar-refractivity contribution in [1.82, 2.24) is 4.90 Å². The zero-order valence-electron chi connectivity index (χ0n) is 9.41. The molecule has 1 aromatic rings. The zero-order valence-corrected chi connectivity index (χ0v) is 9.41. The quantitative estimate of drug-likeness (QED) is 0.804. The van der Waals surface area contributed by atoms with Crippen LogP contribution in [0.4, 0.5) is 18.0 Å². The largest absolute Gasteiger partial charge is 0.453 e. The van der Waals surface area contributed by atoms with Crippen molar-refractivity contribution in [1.29, 1.82) is 0 Å². The summed E-state index contributed by atoms with van der Waals surface area (Å²) < 4.78 is 42.4. The standard InChI is InChI=1S/C11H12F3NO2/c1-15(10(16)17-2)7-8-5-3-4-6-9(8)11(12,13)14/h3-6H,7H2,1-2H3. The van der Waals surface area contributed by atoms with Crippen LogP contribution in [-0.2, 0) is 17.5 Å². The number of methoxy groups -OCH3 is 1. The van der Waals surface area contributed by atoms with Crippen molar-refractivity contribution >= 4 is 6.09 Å². The number of carbonyl (C=O) groups is 1. The first kappa shape index (κ1) is 13.3. The Morgan fingerprint density at radius 3 is 2.47 bits per heavy atom. The summed E-state index contributed by atoms with van der Waals surface area (Å²) >= 11 is 0. The number of ether oxygens (including phenoxy) is 1. The Bertz CT molecular complexity index is 404. The monoisotopic (exact) mass is 247 g/mol. The highest BCUT2D eigenvalue weighted by molar-refractivity contribution is 5.67. The molecule has 3 nitrogen and oxygen atoms in total. The van der Waals surface area contributed by atoms with Gasteiger partial charge < -0.3 is 9.64 Å². The Labute approximate surface area is 96.8 Å². The van der Waals surface area contributed by atoms with Gasteiger partial charge in [0, 0.05) is 13.6 Å². The van der Waals surface area contributed by atoms with Crippen molar-refractivity contribution in [3.8, 4) is 0 Å². The van der Waals surface area contributed by atoms with Crippen LogP contribution < -0.4 is 0 Å². The minimum Gasteiger partial charge on any atom is -0.453 e. The van der Waals surface area contributed by atoms with E-state index < -0.39 is 17.8 Å². The van der Waals surface area contributed by atoms with E-state index in [1.54, 1.807) is 0 Å². The lowest BCUT2D eigenvalue weighted by molar-refractivity contribution is -0.138. The van der Waals surface area contributed by atoms with E-state index >= 15 is 0 Å². The fourth-order valence-electron chi connectivity index (χ4n) is 1.41. The molecule has 0 spiro atoms. The molecule has 0 atom stereocenters. The first-order valence-electron chi connectivity index (χ1n) is 4.80. The van der Waals surface area contributed by atoms with Gasteiger partial charge in [0.15, 0.2) is 0 Å². The average Bonchev–Trinajstić information content (AvgIpc) is 2.27. The Morgan fingerprint density at radius 1 is 1.35 bits per heavy atom. The third kappa shape index (κ3) is 3.37. The van der Waals surface area contributed by atoms with Crippen molar-refractivity contribution in [3.63, 3.8) is 0 Å². The molecule has 0 fully saturated rings. The summed E-state index contributed by atoms with van der Waals surface area (Å²) in [6.45, 7) is -0.150. The van der Waals surface area contributed by atoms with E-state index in [1.807, 2.05) is 0 Å². The molecule has 0 saturated heterocycles. The van der Waals surface area contributed by atoms with Crippen molar-refractivity contribution < 1.29 is 22.7 Å². The number of nitrogens with zero attached hydrogens (tertiary/aromatic N) is 1. The van der Waals surface area contributed by atoms with Crippen LogP contribution in [0.3, 0.4) is 0 Å². The van der Waals surface area contributed by atoms with Gasteiger partial charge in [-0.3, -0.25) is 0 Å². The number of alkyl halides is 3. The summed E-state index contributed by atoms with van der Waals surface area (Å²) in [7, 11) is 2.55. The molecular formula is C11H12F3NO2. The second kappa shape index (κ2) is 5.07. The molecule has 94 valence electrons. The highest BCUT2D eigenvalue weighted by atomic mass is 19.4. The van der Waals surface area contributed by atoms with E-state index in [0.29, 0.717) is 0 Å². The number of amides is 1. The van der Waals surface area contributed by atoms with E-state index in [2.05, 4.69) is 4.74 Å². The van der Waals surface area contributed by atoms with Crippen LogP contribution >= 0.6 is 0 Å². The first-order valence-corrected chi connectivity index (χ1v) is 4.80. The van der Waals surface area contributed by atoms with Gasteiger partial charge in [-0.2, -0.15) is 13.2 Å². The third-order valence-electron chi connectivity index (χ3n) is 2.22. The number of hydrogen-bond donors (Lipinski definition) is 0. The molecule has 1 aromatic carbocycles. The van der Waals surface area contributed by atoms with Gasteiger partial charge in [0.2, 0.25) is 0 Å². The van der Waals surface area contributed by atoms with Crippen molar-refractivity contribution in [2.45, 2.75) is 12.7 Å². The number of benzene rings is 1. The Balaban J connectivity index is 2.95. The lowest BCUT2D eigenvalue weighted by atomic mass is 10.1. The van der Waals surface area contributed by atoms with Crippen LogP contribution in [0.1, 0.15) is 11.1 Å². The van der Waals surface area contributed by atoms with Crippen LogP contribution in [0.5, 0.6) is 0 Å². The summed E-state index contributed by atoms with van der Waals surface area (Å²) in [5.74, 6) is 0. The molecule has 0 aliphatic heterocycles. The van der Waals surface area contributed by atoms with Crippen molar-refractivity contribution in [2.24, 2.45) is 0 Å². The van der Waals surface area contributed by atoms with Gasteiger partial charge in [0.05, 0.1) is 12.7 Å². The average molecular weight is 247 g/mol. The Kier molecular flexibility index (Phi) is 3.98. The molecule has 0 aromatic heterocycles. The molecule has 0 heterocycles. The summed E-state index contributed by atoms with van der Waals surface area (Å²) in [5, 5.41) is 0. The lowest BCUT2D eigenvalue weighted by Gasteiger charge is -2.18. The summed E-state index contributed by atoms with van der Waals surface area (Å²) in [4.78, 5) is 12.2. The molecule has 0 aliphatic rings. The van der Waals surface area contributed by atoms with Gasteiger partial charge in [0.25, 0.3) is 0 Å². The lowest BCUT2D eigenvalue weighted by Crippen LogP contribution is -2.27. The van der Waals surface area contributed by atoms with Gasteiger partial charge in [-0.15, -0.1) is 0 Å². The van der Waals surface area contributed by atoms with E-state index in [9.17, 15) is 18.0 Å². The molecule has 6 heteroatoms. The van der Waals surface area contributed by atoms with Crippen LogP contribution in [0.15, 0.2) is 24.3 Å². The van der Waals surface area contributed by atoms with Gasteiger partial charge in [-0.25, -0.2) is 4.79 Å². The van der Waals surface area contributed by atoms with Crippen LogP contribution in [0.25, 0.3) is 0 Å². The highest BCUT2D eigenvalue weighted by Crippen LogP contribution is 2.32. The van der Waals surface area contributed by atoms with Crippen molar-refractivity contribution in [3.05, 3.63) is 35.4 Å². The molecule has 0 bridgehead atoms. The molecule has 0 radical (unpaired) electrons. The number of halogens is 3. The number of carbonyl (C=O) groups excluding carboxylic acids is 1. The van der Waals surface area contributed by atoms with E-state index in [-0.39, 0.29) is 12.1 Å².